The van der Waals surface area contributed by atoms with Crippen LogP contribution in [0.15, 0.2) is 47.1 Å². The first-order valence-electron chi connectivity index (χ1n) is 7.79. The van der Waals surface area contributed by atoms with E-state index in [9.17, 15) is 0 Å². The fraction of sp³-hybridized carbons (Fsp3) is 0.222. The van der Waals surface area contributed by atoms with Crippen LogP contribution in [0, 0.1) is 6.92 Å². The molecule has 0 saturated heterocycles. The van der Waals surface area contributed by atoms with E-state index in [-0.39, 0.29) is 0 Å². The van der Waals surface area contributed by atoms with Gasteiger partial charge in [0.15, 0.2) is 0 Å². The van der Waals surface area contributed by atoms with Gasteiger partial charge in [0.05, 0.1) is 32.7 Å². The highest BCUT2D eigenvalue weighted by Crippen LogP contribution is 2.31. The molecule has 0 fully saturated rings. The Hall–Kier alpha value is -3.22. The molecule has 7 heteroatoms. The number of anilines is 3. The number of nitrogens with zero attached hydrogens (tertiary/aromatic N) is 2. The largest absolute Gasteiger partial charge is 0.497 e. The van der Waals surface area contributed by atoms with Gasteiger partial charge in [0.2, 0.25) is 0 Å². The van der Waals surface area contributed by atoms with Gasteiger partial charge < -0.3 is 24.5 Å². The molecule has 0 radical (unpaired) electrons. The van der Waals surface area contributed by atoms with Crippen LogP contribution in [-0.4, -0.2) is 24.2 Å². The molecule has 3 aromatic rings. The summed E-state index contributed by atoms with van der Waals surface area (Å²) in [6.07, 6.45) is 1.64. The van der Waals surface area contributed by atoms with Crippen LogP contribution in [0.2, 0.25) is 0 Å². The molecule has 0 atom stereocenters. The number of hydrogen-bond acceptors (Lipinski definition) is 7. The van der Waals surface area contributed by atoms with E-state index in [1.165, 1.54) is 0 Å². The number of rotatable bonds is 7. The van der Waals surface area contributed by atoms with E-state index >= 15 is 0 Å². The van der Waals surface area contributed by atoms with E-state index in [0.29, 0.717) is 29.8 Å². The van der Waals surface area contributed by atoms with Gasteiger partial charge in [-0.05, 0) is 31.2 Å². The lowest BCUT2D eigenvalue weighted by Crippen LogP contribution is -2.05. The number of furan rings is 1. The lowest BCUT2D eigenvalue weighted by Gasteiger charge is -2.13. The van der Waals surface area contributed by atoms with Gasteiger partial charge in [-0.25, -0.2) is 9.97 Å². The Labute approximate surface area is 146 Å². The molecular weight excluding hydrogens is 320 g/mol. The lowest BCUT2D eigenvalue weighted by atomic mass is 10.2. The lowest BCUT2D eigenvalue weighted by molar-refractivity contribution is 0.395. The Kier molecular flexibility index (Phi) is 5.03. The van der Waals surface area contributed by atoms with Gasteiger partial charge in [-0.1, -0.05) is 0 Å². The molecule has 0 aliphatic heterocycles. The summed E-state index contributed by atoms with van der Waals surface area (Å²) in [5.41, 5.74) is 0.790. The topological polar surface area (TPSA) is 81.4 Å². The zero-order valence-electron chi connectivity index (χ0n) is 14.4. The van der Waals surface area contributed by atoms with Gasteiger partial charge in [-0.3, -0.25) is 0 Å². The highest BCUT2D eigenvalue weighted by atomic mass is 16.5. The number of nitrogens with one attached hydrogen (secondary N) is 2. The summed E-state index contributed by atoms with van der Waals surface area (Å²) in [5.74, 6) is 4.25. The second-order valence-electron chi connectivity index (χ2n) is 5.31. The standard InChI is InChI=1S/C18H20N4O3/c1-12-20-17(19-11-14-5-4-8-25-14)10-18(21-12)22-15-7-6-13(23-2)9-16(15)24-3/h4-10H,11H2,1-3H3,(H2,19,20,21,22). The van der Waals surface area contributed by atoms with Crippen LogP contribution in [0.3, 0.4) is 0 Å². The maximum atomic E-state index is 5.40. The molecule has 2 heterocycles. The summed E-state index contributed by atoms with van der Waals surface area (Å²) >= 11 is 0. The fourth-order valence-corrected chi connectivity index (χ4v) is 2.35. The van der Waals surface area contributed by atoms with Crippen LogP contribution >= 0.6 is 0 Å². The van der Waals surface area contributed by atoms with E-state index < -0.39 is 0 Å². The quantitative estimate of drug-likeness (QED) is 0.678. The highest BCUT2D eigenvalue weighted by molar-refractivity contribution is 5.67. The zero-order valence-corrected chi connectivity index (χ0v) is 14.4. The van der Waals surface area contributed by atoms with Crippen LogP contribution in [-0.2, 0) is 6.54 Å². The van der Waals surface area contributed by atoms with E-state index in [2.05, 4.69) is 20.6 Å². The predicted octanol–water partition coefficient (Wildman–Crippen LogP) is 3.75. The van der Waals surface area contributed by atoms with Crippen molar-refractivity contribution in [1.82, 2.24) is 9.97 Å². The molecule has 130 valence electrons. The second-order valence-corrected chi connectivity index (χ2v) is 5.31. The Morgan fingerprint density at radius 3 is 2.60 bits per heavy atom. The summed E-state index contributed by atoms with van der Waals surface area (Å²) in [4.78, 5) is 8.81. The molecule has 1 aromatic carbocycles. The summed E-state index contributed by atoms with van der Waals surface area (Å²) in [6, 6.07) is 11.1. The average Bonchev–Trinajstić information content (AvgIpc) is 3.13. The Balaban J connectivity index is 1.78. The van der Waals surface area contributed by atoms with Crippen molar-refractivity contribution in [2.75, 3.05) is 24.9 Å². The first-order chi connectivity index (χ1) is 12.2. The van der Waals surface area contributed by atoms with Crippen LogP contribution < -0.4 is 20.1 Å². The van der Waals surface area contributed by atoms with Crippen molar-refractivity contribution in [1.29, 1.82) is 0 Å². The molecule has 25 heavy (non-hydrogen) atoms. The van der Waals surface area contributed by atoms with Crippen LogP contribution in [0.1, 0.15) is 11.6 Å². The first kappa shape index (κ1) is 16.6. The Bertz CT molecular complexity index is 834. The normalized spacial score (nSPS) is 10.4. The van der Waals surface area contributed by atoms with Gasteiger partial charge in [-0.2, -0.15) is 0 Å². The molecule has 2 N–H and O–H groups in total. The fourth-order valence-electron chi connectivity index (χ4n) is 2.35. The van der Waals surface area contributed by atoms with E-state index in [0.717, 1.165) is 17.2 Å². The van der Waals surface area contributed by atoms with Gasteiger partial charge >= 0.3 is 0 Å². The minimum Gasteiger partial charge on any atom is -0.497 e. The van der Waals surface area contributed by atoms with Crippen molar-refractivity contribution in [3.05, 3.63) is 54.2 Å². The second kappa shape index (κ2) is 7.57. The van der Waals surface area contributed by atoms with Gasteiger partial charge in [0.25, 0.3) is 0 Å². The van der Waals surface area contributed by atoms with Crippen LogP contribution in [0.25, 0.3) is 0 Å². The van der Waals surface area contributed by atoms with Crippen molar-refractivity contribution in [3.63, 3.8) is 0 Å². The molecule has 3 rings (SSSR count). The summed E-state index contributed by atoms with van der Waals surface area (Å²) in [6.45, 7) is 2.39. The molecule has 0 spiro atoms. The number of benzene rings is 1. The third-order valence-electron chi connectivity index (χ3n) is 3.53. The third-order valence-corrected chi connectivity index (χ3v) is 3.53. The molecule has 0 amide bonds. The van der Waals surface area contributed by atoms with E-state index in [4.69, 9.17) is 13.9 Å². The third kappa shape index (κ3) is 4.20. The zero-order chi connectivity index (χ0) is 17.6. The Morgan fingerprint density at radius 1 is 1.04 bits per heavy atom. The monoisotopic (exact) mass is 340 g/mol. The van der Waals surface area contributed by atoms with Gasteiger partial charge in [0, 0.05) is 12.1 Å². The highest BCUT2D eigenvalue weighted by Gasteiger charge is 2.08. The summed E-state index contributed by atoms with van der Waals surface area (Å²) < 4.78 is 15.9. The predicted molar refractivity (Wildman–Crippen MR) is 95.6 cm³/mol. The van der Waals surface area contributed by atoms with E-state index in [1.54, 1.807) is 20.5 Å². The Morgan fingerprint density at radius 2 is 1.88 bits per heavy atom. The van der Waals surface area contributed by atoms with Crippen LogP contribution in [0.4, 0.5) is 17.3 Å². The number of ether oxygens (including phenoxy) is 2. The molecule has 7 nitrogen and oxygen atoms in total. The van der Waals surface area contributed by atoms with Crippen molar-refractivity contribution >= 4 is 17.3 Å². The van der Waals surface area contributed by atoms with E-state index in [1.807, 2.05) is 43.3 Å². The number of aromatic nitrogens is 2. The summed E-state index contributed by atoms with van der Waals surface area (Å²) in [7, 11) is 3.23. The number of hydrogen-bond donors (Lipinski definition) is 2. The molecule has 0 bridgehead atoms. The van der Waals surface area contributed by atoms with Crippen molar-refractivity contribution < 1.29 is 13.9 Å². The minimum absolute atomic E-state index is 0.550. The molecule has 2 aromatic heterocycles. The first-order valence-corrected chi connectivity index (χ1v) is 7.79. The van der Waals surface area contributed by atoms with Gasteiger partial charge in [0.1, 0.15) is 34.7 Å². The van der Waals surface area contributed by atoms with Gasteiger partial charge in [-0.15, -0.1) is 0 Å². The minimum atomic E-state index is 0.550. The van der Waals surface area contributed by atoms with Crippen LogP contribution in [0.5, 0.6) is 11.5 Å². The number of aryl methyl sites for hydroxylation is 1. The van der Waals surface area contributed by atoms with Crippen molar-refractivity contribution in [2.24, 2.45) is 0 Å². The molecule has 0 aliphatic rings. The smallest absolute Gasteiger partial charge is 0.146 e. The maximum Gasteiger partial charge on any atom is 0.146 e. The molecule has 0 saturated carbocycles. The van der Waals surface area contributed by atoms with Crippen molar-refractivity contribution in [2.45, 2.75) is 13.5 Å². The molecule has 0 unspecified atom stereocenters. The van der Waals surface area contributed by atoms with Crippen molar-refractivity contribution in [3.8, 4) is 11.5 Å². The molecule has 0 aliphatic carbocycles. The average molecular weight is 340 g/mol. The number of methoxy groups -OCH3 is 2. The SMILES string of the molecule is COc1ccc(Nc2cc(NCc3ccco3)nc(C)n2)c(OC)c1. The summed E-state index contributed by atoms with van der Waals surface area (Å²) in [5, 5.41) is 6.48. The molecular formula is C18H20N4O3. The maximum absolute atomic E-state index is 5.40.